The zero-order valence-electron chi connectivity index (χ0n) is 18.8. The number of likely N-dealkylation sites (tertiary alicyclic amines) is 1. The van der Waals surface area contributed by atoms with E-state index >= 15 is 0 Å². The summed E-state index contributed by atoms with van der Waals surface area (Å²) in [5.74, 6) is -0.725. The molecule has 180 valence electrons. The molecule has 1 aliphatic heterocycles. The smallest absolute Gasteiger partial charge is 0.351 e. The van der Waals surface area contributed by atoms with Crippen LogP contribution in [0.4, 0.5) is 13.2 Å². The van der Waals surface area contributed by atoms with E-state index in [4.69, 9.17) is 0 Å². The van der Waals surface area contributed by atoms with Crippen molar-refractivity contribution in [1.29, 1.82) is 0 Å². The maximum Gasteiger partial charge on any atom is 0.435 e. The summed E-state index contributed by atoms with van der Waals surface area (Å²) < 4.78 is 40.7. The molecule has 1 aromatic carbocycles. The number of amides is 1. The summed E-state index contributed by atoms with van der Waals surface area (Å²) in [4.78, 5) is 22.5. The third kappa shape index (κ3) is 6.42. The van der Waals surface area contributed by atoms with E-state index in [0.29, 0.717) is 24.4 Å². The minimum absolute atomic E-state index is 0.230. The molecule has 0 spiro atoms. The summed E-state index contributed by atoms with van der Waals surface area (Å²) in [5, 5.41) is 3.00. The highest BCUT2D eigenvalue weighted by atomic mass is 32.1. The van der Waals surface area contributed by atoms with Crippen molar-refractivity contribution in [2.75, 3.05) is 26.2 Å². The Morgan fingerprint density at radius 3 is 2.59 bits per heavy atom. The highest BCUT2D eigenvalue weighted by molar-refractivity contribution is 7.13. The van der Waals surface area contributed by atoms with E-state index in [9.17, 15) is 18.0 Å². The molecule has 1 aliphatic rings. The molecule has 5 nitrogen and oxygen atoms in total. The van der Waals surface area contributed by atoms with Crippen molar-refractivity contribution < 1.29 is 18.0 Å². The first-order chi connectivity index (χ1) is 16.4. The lowest BCUT2D eigenvalue weighted by Crippen LogP contribution is -2.31. The number of hydrogen-bond donors (Lipinski definition) is 1. The van der Waals surface area contributed by atoms with Gasteiger partial charge in [-0.15, -0.1) is 11.3 Å². The van der Waals surface area contributed by atoms with Crippen molar-refractivity contribution in [3.8, 4) is 11.1 Å². The fourth-order valence-corrected chi connectivity index (χ4v) is 5.08. The van der Waals surface area contributed by atoms with Gasteiger partial charge in [0.2, 0.25) is 0 Å². The molecule has 1 amide bonds. The van der Waals surface area contributed by atoms with E-state index in [1.807, 2.05) is 36.4 Å². The number of benzene rings is 1. The number of nitrogens with one attached hydrogen (secondary N) is 1. The van der Waals surface area contributed by atoms with Gasteiger partial charge in [0.15, 0.2) is 5.69 Å². The Labute approximate surface area is 201 Å². The second-order valence-electron chi connectivity index (χ2n) is 8.38. The number of alkyl halides is 3. The second kappa shape index (κ2) is 11.1. The Kier molecular flexibility index (Phi) is 7.95. The minimum atomic E-state index is -4.66. The lowest BCUT2D eigenvalue weighted by Gasteiger charge is -2.25. The Balaban J connectivity index is 1.38. The Morgan fingerprint density at radius 1 is 1.06 bits per heavy atom. The zero-order chi connectivity index (χ0) is 24.0. The summed E-state index contributed by atoms with van der Waals surface area (Å²) in [7, 11) is 0. The maximum atomic E-state index is 13.6. The van der Waals surface area contributed by atoms with E-state index in [2.05, 4.69) is 20.2 Å². The lowest BCUT2D eigenvalue weighted by atomic mass is 10.0. The molecule has 3 heterocycles. The van der Waals surface area contributed by atoms with Crippen molar-refractivity contribution >= 4 is 17.2 Å². The number of piperidine rings is 1. The van der Waals surface area contributed by atoms with Gasteiger partial charge in [-0.25, -0.2) is 4.98 Å². The summed E-state index contributed by atoms with van der Waals surface area (Å²) in [6.07, 6.45) is 3.16. The van der Waals surface area contributed by atoms with Gasteiger partial charge in [-0.1, -0.05) is 36.8 Å². The molecule has 1 N–H and O–H groups in total. The van der Waals surface area contributed by atoms with Gasteiger partial charge in [-0.05, 0) is 55.1 Å². The largest absolute Gasteiger partial charge is 0.435 e. The number of aromatic nitrogens is 2. The van der Waals surface area contributed by atoms with Crippen LogP contribution >= 0.6 is 11.3 Å². The van der Waals surface area contributed by atoms with Gasteiger partial charge in [0.1, 0.15) is 4.88 Å². The molecule has 34 heavy (non-hydrogen) atoms. The van der Waals surface area contributed by atoms with E-state index in [-0.39, 0.29) is 11.4 Å². The average molecular weight is 489 g/mol. The molecular formula is C25H27F3N4OS. The number of pyridine rings is 1. The van der Waals surface area contributed by atoms with E-state index in [1.165, 1.54) is 6.42 Å². The van der Waals surface area contributed by atoms with Gasteiger partial charge in [0.25, 0.3) is 5.91 Å². The maximum absolute atomic E-state index is 13.6. The van der Waals surface area contributed by atoms with E-state index in [0.717, 1.165) is 54.0 Å². The third-order valence-electron chi connectivity index (χ3n) is 5.86. The number of nitrogens with zero attached hydrogens (tertiary/aromatic N) is 3. The molecule has 1 saturated heterocycles. The molecule has 9 heteroatoms. The van der Waals surface area contributed by atoms with Crippen molar-refractivity contribution in [2.45, 2.75) is 38.3 Å². The first kappa shape index (κ1) is 24.3. The SMILES string of the molecule is O=C(NCCc1cccc(-c2cccnc2)c1)c1sc(CCN2CCCCC2)nc1C(F)(F)F. The highest BCUT2D eigenvalue weighted by Crippen LogP contribution is 2.34. The van der Waals surface area contributed by atoms with Crippen LogP contribution in [0.2, 0.25) is 0 Å². The van der Waals surface area contributed by atoms with E-state index < -0.39 is 17.8 Å². The molecule has 0 saturated carbocycles. The van der Waals surface area contributed by atoms with E-state index in [1.54, 1.807) is 12.4 Å². The molecular weight excluding hydrogens is 461 g/mol. The second-order valence-corrected chi connectivity index (χ2v) is 9.47. The summed E-state index contributed by atoms with van der Waals surface area (Å²) in [6, 6.07) is 11.6. The summed E-state index contributed by atoms with van der Waals surface area (Å²) in [6.45, 7) is 2.83. The number of carbonyl (C=O) groups excluding carboxylic acids is 1. The summed E-state index contributed by atoms with van der Waals surface area (Å²) in [5.41, 5.74) is 1.87. The highest BCUT2D eigenvalue weighted by Gasteiger charge is 2.39. The van der Waals surface area contributed by atoms with Crippen molar-refractivity contribution in [3.05, 3.63) is 69.9 Å². The Morgan fingerprint density at radius 2 is 1.85 bits per heavy atom. The van der Waals surface area contributed by atoms with Crippen LogP contribution in [0, 0.1) is 0 Å². The first-order valence-corrected chi connectivity index (χ1v) is 12.3. The monoisotopic (exact) mass is 488 g/mol. The van der Waals surface area contributed by atoms with Gasteiger partial charge >= 0.3 is 6.18 Å². The number of rotatable bonds is 8. The first-order valence-electron chi connectivity index (χ1n) is 11.5. The number of carbonyl (C=O) groups is 1. The minimum Gasteiger partial charge on any atom is -0.351 e. The normalized spacial score (nSPS) is 14.8. The summed E-state index contributed by atoms with van der Waals surface area (Å²) >= 11 is 0.852. The van der Waals surface area contributed by atoms with Gasteiger partial charge in [0.05, 0.1) is 5.01 Å². The molecule has 3 aromatic rings. The molecule has 0 atom stereocenters. The standard InChI is InChI=1S/C25H27F3N4OS/c26-25(27,28)23-22(34-21(31-23)10-15-32-13-2-1-3-14-32)24(33)30-12-9-18-6-4-7-19(16-18)20-8-5-11-29-17-20/h4-8,11,16-17H,1-3,9-10,12-15H2,(H,30,33). The van der Waals surface area contributed by atoms with Gasteiger partial charge in [0, 0.05) is 31.9 Å². The van der Waals surface area contributed by atoms with Crippen LogP contribution in [0.25, 0.3) is 11.1 Å². The Hall–Kier alpha value is -2.78. The van der Waals surface area contributed by atoms with Gasteiger partial charge in [-0.3, -0.25) is 9.78 Å². The zero-order valence-corrected chi connectivity index (χ0v) is 19.6. The number of hydrogen-bond acceptors (Lipinski definition) is 5. The lowest BCUT2D eigenvalue weighted by molar-refractivity contribution is -0.141. The van der Waals surface area contributed by atoms with Crippen LogP contribution in [0.15, 0.2) is 48.8 Å². The van der Waals surface area contributed by atoms with Gasteiger partial charge < -0.3 is 10.2 Å². The van der Waals surface area contributed by atoms with Crippen LogP contribution in [-0.4, -0.2) is 47.0 Å². The molecule has 0 aliphatic carbocycles. The van der Waals surface area contributed by atoms with Gasteiger partial charge in [-0.2, -0.15) is 13.2 Å². The topological polar surface area (TPSA) is 58.1 Å². The van der Waals surface area contributed by atoms with Crippen molar-refractivity contribution in [3.63, 3.8) is 0 Å². The predicted molar refractivity (Wildman–Crippen MR) is 127 cm³/mol. The number of halogens is 3. The fraction of sp³-hybridized carbons (Fsp3) is 0.400. The molecule has 0 bridgehead atoms. The van der Waals surface area contributed by atoms with Crippen LogP contribution in [0.5, 0.6) is 0 Å². The molecule has 4 rings (SSSR count). The van der Waals surface area contributed by atoms with Crippen LogP contribution in [-0.2, 0) is 19.0 Å². The number of thiazole rings is 1. The third-order valence-corrected chi connectivity index (χ3v) is 6.97. The molecule has 1 fully saturated rings. The predicted octanol–water partition coefficient (Wildman–Crippen LogP) is 5.22. The quantitative estimate of drug-likeness (QED) is 0.472. The van der Waals surface area contributed by atoms with Crippen LogP contribution in [0.1, 0.15) is 45.2 Å². The molecule has 0 unspecified atom stereocenters. The van der Waals surface area contributed by atoms with Crippen LogP contribution in [0.3, 0.4) is 0 Å². The van der Waals surface area contributed by atoms with Crippen molar-refractivity contribution in [2.24, 2.45) is 0 Å². The fourth-order valence-electron chi connectivity index (χ4n) is 4.09. The van der Waals surface area contributed by atoms with Crippen molar-refractivity contribution in [1.82, 2.24) is 20.2 Å². The molecule has 0 radical (unpaired) electrons. The Bertz CT molecular complexity index is 1100. The molecule has 2 aromatic heterocycles. The average Bonchev–Trinajstić information content (AvgIpc) is 3.29. The van der Waals surface area contributed by atoms with Crippen LogP contribution < -0.4 is 5.32 Å².